The largest absolute Gasteiger partial charge is 0.476 e. The molecule has 1 atom stereocenters. The molecule has 18 heavy (non-hydrogen) atoms. The van der Waals surface area contributed by atoms with Crippen molar-refractivity contribution in [1.29, 1.82) is 0 Å². The van der Waals surface area contributed by atoms with Crippen LogP contribution in [0.15, 0.2) is 12.4 Å². The van der Waals surface area contributed by atoms with Gasteiger partial charge in [0.2, 0.25) is 5.69 Å². The highest BCUT2D eigenvalue weighted by Crippen LogP contribution is 2.24. The maximum Gasteiger partial charge on any atom is 0.358 e. The maximum atomic E-state index is 11.2. The third-order valence-corrected chi connectivity index (χ3v) is 2.94. The second-order valence-corrected chi connectivity index (χ2v) is 4.16. The molecule has 2 aromatic heterocycles. The Labute approximate surface area is 104 Å². The summed E-state index contributed by atoms with van der Waals surface area (Å²) in [4.78, 5) is 15.4. The van der Waals surface area contributed by atoms with Crippen molar-refractivity contribution in [3.8, 4) is 11.5 Å². The van der Waals surface area contributed by atoms with E-state index in [4.69, 9.17) is 0 Å². The van der Waals surface area contributed by atoms with Crippen molar-refractivity contribution in [3.05, 3.63) is 18.1 Å². The predicted octanol–water partition coefficient (Wildman–Crippen LogP) is 1.35. The molecule has 0 amide bonds. The molecule has 7 nitrogen and oxygen atoms in total. The molecule has 96 valence electrons. The first-order valence-corrected chi connectivity index (χ1v) is 5.72. The molecule has 1 unspecified atom stereocenters. The van der Waals surface area contributed by atoms with Crippen LogP contribution in [0.25, 0.3) is 11.5 Å². The molecule has 7 heteroatoms. The molecule has 2 heterocycles. The van der Waals surface area contributed by atoms with Gasteiger partial charge >= 0.3 is 5.97 Å². The van der Waals surface area contributed by atoms with Crippen LogP contribution < -0.4 is 0 Å². The zero-order valence-corrected chi connectivity index (χ0v) is 10.5. The monoisotopic (exact) mass is 249 g/mol. The molecular formula is C11H15N5O2. The van der Waals surface area contributed by atoms with Crippen LogP contribution in [0.1, 0.15) is 36.8 Å². The molecule has 0 aromatic carbocycles. The van der Waals surface area contributed by atoms with Gasteiger partial charge in [-0.05, 0) is 13.3 Å². The zero-order chi connectivity index (χ0) is 13.3. The van der Waals surface area contributed by atoms with Crippen molar-refractivity contribution in [3.63, 3.8) is 0 Å². The Morgan fingerprint density at radius 1 is 1.56 bits per heavy atom. The molecule has 0 saturated heterocycles. The minimum absolute atomic E-state index is 0.0652. The fourth-order valence-corrected chi connectivity index (χ4v) is 1.72. The van der Waals surface area contributed by atoms with Gasteiger partial charge in [0.25, 0.3) is 0 Å². The number of aromatic carboxylic acids is 1. The number of imidazole rings is 1. The topological polar surface area (TPSA) is 85.8 Å². The molecule has 0 spiro atoms. The molecule has 0 radical (unpaired) electrons. The van der Waals surface area contributed by atoms with Crippen LogP contribution in [0.5, 0.6) is 0 Å². The molecule has 0 aliphatic rings. The van der Waals surface area contributed by atoms with Crippen LogP contribution in [0.2, 0.25) is 0 Å². The van der Waals surface area contributed by atoms with E-state index in [1.165, 1.54) is 0 Å². The van der Waals surface area contributed by atoms with E-state index in [0.717, 1.165) is 6.42 Å². The summed E-state index contributed by atoms with van der Waals surface area (Å²) >= 11 is 0. The summed E-state index contributed by atoms with van der Waals surface area (Å²) < 4.78 is 3.37. The summed E-state index contributed by atoms with van der Waals surface area (Å²) in [6.07, 6.45) is 4.21. The average molecular weight is 249 g/mol. The molecule has 0 saturated carbocycles. The predicted molar refractivity (Wildman–Crippen MR) is 64.2 cm³/mol. The molecular weight excluding hydrogens is 234 g/mol. The van der Waals surface area contributed by atoms with Crippen molar-refractivity contribution in [2.75, 3.05) is 0 Å². The Kier molecular flexibility index (Phi) is 3.14. The van der Waals surface area contributed by atoms with Crippen LogP contribution >= 0.6 is 0 Å². The Morgan fingerprint density at radius 2 is 2.28 bits per heavy atom. The molecule has 0 aliphatic heterocycles. The quantitative estimate of drug-likeness (QED) is 0.883. The van der Waals surface area contributed by atoms with Crippen LogP contribution in [-0.2, 0) is 7.05 Å². The van der Waals surface area contributed by atoms with Gasteiger partial charge < -0.3 is 9.67 Å². The molecule has 2 rings (SSSR count). The Hall–Kier alpha value is -2.18. The number of hydrogen-bond acceptors (Lipinski definition) is 4. The number of aromatic nitrogens is 5. The fraction of sp³-hybridized carbons (Fsp3) is 0.455. The number of carbonyl (C=O) groups is 1. The highest BCUT2D eigenvalue weighted by molar-refractivity contribution is 5.91. The summed E-state index contributed by atoms with van der Waals surface area (Å²) in [5.41, 5.74) is 0.383. The van der Waals surface area contributed by atoms with E-state index in [2.05, 4.69) is 15.3 Å². The number of carboxylic acids is 1. The number of carboxylic acid groups (broad SMARTS) is 1. The number of nitrogens with zero attached hydrogens (tertiary/aromatic N) is 5. The highest BCUT2D eigenvalue weighted by Gasteiger charge is 2.25. The zero-order valence-electron chi connectivity index (χ0n) is 10.5. The van der Waals surface area contributed by atoms with Crippen LogP contribution in [0.4, 0.5) is 0 Å². The minimum atomic E-state index is -1.09. The molecule has 0 aliphatic carbocycles. The molecule has 1 N–H and O–H groups in total. The van der Waals surface area contributed by atoms with E-state index in [1.807, 2.05) is 20.9 Å². The van der Waals surface area contributed by atoms with Crippen molar-refractivity contribution < 1.29 is 9.90 Å². The molecule has 0 fully saturated rings. The highest BCUT2D eigenvalue weighted by atomic mass is 16.4. The van der Waals surface area contributed by atoms with Crippen molar-refractivity contribution in [2.45, 2.75) is 26.3 Å². The lowest BCUT2D eigenvalue weighted by Gasteiger charge is -2.12. The van der Waals surface area contributed by atoms with E-state index < -0.39 is 5.97 Å². The van der Waals surface area contributed by atoms with Gasteiger partial charge in [0, 0.05) is 19.4 Å². The van der Waals surface area contributed by atoms with E-state index in [-0.39, 0.29) is 11.7 Å². The van der Waals surface area contributed by atoms with Gasteiger partial charge in [-0.15, -0.1) is 5.10 Å². The number of rotatable bonds is 4. The van der Waals surface area contributed by atoms with E-state index in [0.29, 0.717) is 11.5 Å². The van der Waals surface area contributed by atoms with E-state index >= 15 is 0 Å². The standard InChI is InChI=1S/C11H15N5O2/c1-4-7(2)16-9(8(11(17)18)13-14-16)10-12-5-6-15(10)3/h5-7H,4H2,1-3H3,(H,17,18). The smallest absolute Gasteiger partial charge is 0.358 e. The van der Waals surface area contributed by atoms with Gasteiger partial charge in [0.15, 0.2) is 5.82 Å². The van der Waals surface area contributed by atoms with Crippen molar-refractivity contribution >= 4 is 5.97 Å². The Morgan fingerprint density at radius 3 is 2.78 bits per heavy atom. The Bertz CT molecular complexity index is 572. The second kappa shape index (κ2) is 4.59. The first-order valence-electron chi connectivity index (χ1n) is 5.72. The molecule has 0 bridgehead atoms. The lowest BCUT2D eigenvalue weighted by molar-refractivity contribution is 0.0691. The van der Waals surface area contributed by atoms with Crippen LogP contribution in [-0.4, -0.2) is 35.6 Å². The van der Waals surface area contributed by atoms with Crippen LogP contribution in [0.3, 0.4) is 0 Å². The first-order chi connectivity index (χ1) is 8.56. The summed E-state index contributed by atoms with van der Waals surface area (Å²) in [6, 6.07) is 0.0669. The first kappa shape index (κ1) is 12.3. The van der Waals surface area contributed by atoms with Gasteiger partial charge in [-0.3, -0.25) is 0 Å². The van der Waals surface area contributed by atoms with Gasteiger partial charge in [0.1, 0.15) is 5.69 Å². The van der Waals surface area contributed by atoms with Gasteiger partial charge in [-0.2, -0.15) is 0 Å². The van der Waals surface area contributed by atoms with Crippen LogP contribution in [0, 0.1) is 0 Å². The third kappa shape index (κ3) is 1.87. The molecule has 2 aromatic rings. The maximum absolute atomic E-state index is 11.2. The lowest BCUT2D eigenvalue weighted by atomic mass is 10.2. The fourth-order valence-electron chi connectivity index (χ4n) is 1.72. The van der Waals surface area contributed by atoms with Crippen molar-refractivity contribution in [2.24, 2.45) is 7.05 Å². The second-order valence-electron chi connectivity index (χ2n) is 4.16. The van der Waals surface area contributed by atoms with Gasteiger partial charge in [-0.25, -0.2) is 14.5 Å². The summed E-state index contributed by atoms with van der Waals surface area (Å²) in [5, 5.41) is 16.8. The normalized spacial score (nSPS) is 12.6. The minimum Gasteiger partial charge on any atom is -0.476 e. The number of aryl methyl sites for hydroxylation is 1. The lowest BCUT2D eigenvalue weighted by Crippen LogP contribution is -2.11. The SMILES string of the molecule is CCC(C)n1nnc(C(=O)O)c1-c1nccn1C. The van der Waals surface area contributed by atoms with E-state index in [1.54, 1.807) is 21.6 Å². The Balaban J connectivity index is 2.65. The summed E-state index contributed by atoms with van der Waals surface area (Å²) in [7, 11) is 1.81. The summed E-state index contributed by atoms with van der Waals surface area (Å²) in [5.74, 6) is -0.541. The third-order valence-electron chi connectivity index (χ3n) is 2.94. The average Bonchev–Trinajstić information content (AvgIpc) is 2.93. The number of hydrogen-bond donors (Lipinski definition) is 1. The van der Waals surface area contributed by atoms with Gasteiger partial charge in [0.05, 0.1) is 6.04 Å². The van der Waals surface area contributed by atoms with E-state index in [9.17, 15) is 9.90 Å². The van der Waals surface area contributed by atoms with Gasteiger partial charge in [-0.1, -0.05) is 12.1 Å². The summed E-state index contributed by atoms with van der Waals surface area (Å²) in [6.45, 7) is 3.97. The van der Waals surface area contributed by atoms with Crippen molar-refractivity contribution in [1.82, 2.24) is 24.5 Å².